The molecular weight excluding hydrogens is 198 g/mol. The molecule has 0 aliphatic rings. The predicted octanol–water partition coefficient (Wildman–Crippen LogP) is -0.835. The van der Waals surface area contributed by atoms with Crippen molar-refractivity contribution >= 4 is 5.97 Å². The zero-order valence-electron chi connectivity index (χ0n) is 8.13. The Kier molecular flexibility index (Phi) is 6.03. The maximum atomic E-state index is 10.4. The van der Waals surface area contributed by atoms with Gasteiger partial charge in [0.2, 0.25) is 0 Å². The topological polar surface area (TPSA) is 136 Å². The van der Waals surface area contributed by atoms with Gasteiger partial charge in [0.25, 0.3) is 0 Å². The van der Waals surface area contributed by atoms with Gasteiger partial charge in [-0.1, -0.05) is 12.1 Å². The van der Waals surface area contributed by atoms with E-state index in [0.717, 1.165) is 5.56 Å². The zero-order valence-corrected chi connectivity index (χ0v) is 8.13. The number of phenols is 1. The molecule has 6 heteroatoms. The van der Waals surface area contributed by atoms with Crippen LogP contribution in [0.25, 0.3) is 0 Å². The fraction of sp³-hybridized carbons (Fsp3) is 0.222. The van der Waals surface area contributed by atoms with E-state index < -0.39 is 12.0 Å². The molecule has 0 fully saturated rings. The Morgan fingerprint density at radius 1 is 1.27 bits per heavy atom. The van der Waals surface area contributed by atoms with Gasteiger partial charge in [-0.2, -0.15) is 0 Å². The Morgan fingerprint density at radius 3 is 2.13 bits per heavy atom. The first-order chi connectivity index (χ1) is 7.09. The van der Waals surface area contributed by atoms with Crippen LogP contribution in [0.1, 0.15) is 5.56 Å². The highest BCUT2D eigenvalue weighted by Gasteiger charge is 2.11. The van der Waals surface area contributed by atoms with Crippen LogP contribution in [0.5, 0.6) is 5.75 Å². The normalized spacial score (nSPS) is 11.1. The minimum absolute atomic E-state index is 0.160. The minimum atomic E-state index is -1.02. The van der Waals surface area contributed by atoms with Crippen molar-refractivity contribution in [2.45, 2.75) is 12.5 Å². The first-order valence-electron chi connectivity index (χ1n) is 4.19. The van der Waals surface area contributed by atoms with Crippen LogP contribution in [0.2, 0.25) is 0 Å². The monoisotopic (exact) mass is 213 g/mol. The predicted molar refractivity (Wildman–Crippen MR) is 55.8 cm³/mol. The summed E-state index contributed by atoms with van der Waals surface area (Å²) in [4.78, 5) is 10.4. The van der Waals surface area contributed by atoms with Crippen LogP contribution < -0.4 is 17.4 Å². The lowest BCUT2D eigenvalue weighted by Crippen LogP contribution is -2.32. The van der Waals surface area contributed by atoms with E-state index in [1.54, 1.807) is 12.1 Å². The maximum Gasteiger partial charge on any atom is 0.320 e. The molecule has 0 aliphatic carbocycles. The molecule has 8 N–H and O–H groups in total. The van der Waals surface area contributed by atoms with E-state index in [0.29, 0.717) is 0 Å². The summed E-state index contributed by atoms with van der Waals surface area (Å²) in [5, 5.41) is 17.5. The van der Waals surface area contributed by atoms with Gasteiger partial charge in [-0.3, -0.25) is 16.5 Å². The number of carbonyl (C=O) groups is 1. The van der Waals surface area contributed by atoms with Crippen LogP contribution in [0.3, 0.4) is 0 Å². The van der Waals surface area contributed by atoms with Crippen molar-refractivity contribution in [1.82, 2.24) is 0 Å². The smallest absolute Gasteiger partial charge is 0.320 e. The molecule has 0 aromatic heterocycles. The van der Waals surface area contributed by atoms with Crippen LogP contribution in [0.4, 0.5) is 0 Å². The molecule has 84 valence electrons. The number of hydrazine groups is 1. The van der Waals surface area contributed by atoms with Gasteiger partial charge >= 0.3 is 5.97 Å². The summed E-state index contributed by atoms with van der Waals surface area (Å²) >= 11 is 0. The van der Waals surface area contributed by atoms with Gasteiger partial charge in [-0.15, -0.1) is 0 Å². The molecule has 0 amide bonds. The van der Waals surface area contributed by atoms with Crippen molar-refractivity contribution < 1.29 is 15.0 Å². The van der Waals surface area contributed by atoms with Crippen LogP contribution in [-0.2, 0) is 11.2 Å². The molecule has 0 saturated heterocycles. The summed E-state index contributed by atoms with van der Waals surface area (Å²) in [6, 6.07) is 5.42. The average molecular weight is 213 g/mol. The Balaban J connectivity index is 0.000000921. The van der Waals surface area contributed by atoms with Crippen molar-refractivity contribution in [3.63, 3.8) is 0 Å². The van der Waals surface area contributed by atoms with Crippen LogP contribution in [0, 0.1) is 0 Å². The molecule has 1 rings (SSSR count). The first kappa shape index (κ1) is 13.4. The maximum absolute atomic E-state index is 10.4. The molecule has 0 aliphatic heterocycles. The van der Waals surface area contributed by atoms with Gasteiger partial charge in [-0.25, -0.2) is 0 Å². The second-order valence-electron chi connectivity index (χ2n) is 2.82. The number of carboxylic acids is 1. The molecule has 1 aromatic carbocycles. The molecule has 0 spiro atoms. The third-order valence-electron chi connectivity index (χ3n) is 1.71. The molecule has 6 nitrogen and oxygen atoms in total. The summed E-state index contributed by atoms with van der Waals surface area (Å²) in [6.45, 7) is 0. The standard InChI is InChI=1S/C9H11NO3.H4N2/c10-8(9(12)13)5-6-1-3-7(11)4-2-6;1-2/h1-4,8,11H,5,10H2,(H,12,13);1-2H2/t8-;/m0./s1. The van der Waals surface area contributed by atoms with Gasteiger partial charge in [0.1, 0.15) is 11.8 Å². The lowest BCUT2D eigenvalue weighted by molar-refractivity contribution is -0.138. The third-order valence-corrected chi connectivity index (χ3v) is 1.71. The molecule has 15 heavy (non-hydrogen) atoms. The highest BCUT2D eigenvalue weighted by Crippen LogP contribution is 2.10. The van der Waals surface area contributed by atoms with Gasteiger partial charge in [0.05, 0.1) is 0 Å². The second kappa shape index (κ2) is 6.77. The fourth-order valence-corrected chi connectivity index (χ4v) is 0.973. The van der Waals surface area contributed by atoms with Crippen LogP contribution >= 0.6 is 0 Å². The molecule has 0 heterocycles. The number of phenolic OH excluding ortho intramolecular Hbond substituents is 1. The SMILES string of the molecule is NN.N[C@@H](Cc1ccc(O)cc1)C(=O)O. The highest BCUT2D eigenvalue weighted by atomic mass is 16.4. The van der Waals surface area contributed by atoms with E-state index in [2.05, 4.69) is 11.7 Å². The third kappa shape index (κ3) is 4.96. The highest BCUT2D eigenvalue weighted by molar-refractivity contribution is 5.73. The lowest BCUT2D eigenvalue weighted by atomic mass is 10.1. The summed E-state index contributed by atoms with van der Waals surface area (Å²) in [6.07, 6.45) is 0.273. The summed E-state index contributed by atoms with van der Waals surface area (Å²) in [7, 11) is 0. The summed E-state index contributed by atoms with van der Waals surface area (Å²) in [5.41, 5.74) is 6.12. The van der Waals surface area contributed by atoms with Crippen molar-refractivity contribution in [3.8, 4) is 5.75 Å². The molecule has 0 saturated carbocycles. The van der Waals surface area contributed by atoms with E-state index in [1.807, 2.05) is 0 Å². The van der Waals surface area contributed by atoms with Crippen molar-refractivity contribution in [2.24, 2.45) is 17.4 Å². The number of carboxylic acid groups (broad SMARTS) is 1. The number of rotatable bonds is 3. The summed E-state index contributed by atoms with van der Waals surface area (Å²) < 4.78 is 0. The molecule has 1 aromatic rings. The molecule has 1 atom stereocenters. The van der Waals surface area contributed by atoms with Gasteiger partial charge in [0, 0.05) is 0 Å². The van der Waals surface area contributed by atoms with E-state index in [1.165, 1.54) is 12.1 Å². The average Bonchev–Trinajstić information content (AvgIpc) is 2.24. The number of hydrogen-bond donors (Lipinski definition) is 5. The number of benzene rings is 1. The Morgan fingerprint density at radius 2 is 1.73 bits per heavy atom. The fourth-order valence-electron chi connectivity index (χ4n) is 0.973. The van der Waals surface area contributed by atoms with E-state index in [4.69, 9.17) is 15.9 Å². The second-order valence-corrected chi connectivity index (χ2v) is 2.82. The lowest BCUT2D eigenvalue weighted by Gasteiger charge is -2.05. The van der Waals surface area contributed by atoms with E-state index >= 15 is 0 Å². The van der Waals surface area contributed by atoms with Crippen molar-refractivity contribution in [2.75, 3.05) is 0 Å². The Hall–Kier alpha value is -1.63. The number of nitrogens with two attached hydrogens (primary N) is 3. The van der Waals surface area contributed by atoms with Crippen molar-refractivity contribution in [1.29, 1.82) is 0 Å². The summed E-state index contributed by atoms with van der Waals surface area (Å²) in [5.74, 6) is 7.14. The number of hydrogen-bond acceptors (Lipinski definition) is 5. The van der Waals surface area contributed by atoms with Gasteiger partial charge in [0.15, 0.2) is 0 Å². The number of aliphatic carboxylic acids is 1. The quantitative estimate of drug-likeness (QED) is 0.328. The Labute approximate surface area is 87.3 Å². The van der Waals surface area contributed by atoms with Crippen LogP contribution in [0.15, 0.2) is 24.3 Å². The molecule has 0 unspecified atom stereocenters. The Bertz CT molecular complexity index is 300. The van der Waals surface area contributed by atoms with E-state index in [-0.39, 0.29) is 12.2 Å². The van der Waals surface area contributed by atoms with Crippen LogP contribution in [-0.4, -0.2) is 22.2 Å². The molecular formula is C9H15N3O3. The number of aromatic hydroxyl groups is 1. The van der Waals surface area contributed by atoms with Gasteiger partial charge < -0.3 is 15.9 Å². The molecule has 0 bridgehead atoms. The largest absolute Gasteiger partial charge is 0.508 e. The molecule has 0 radical (unpaired) electrons. The van der Waals surface area contributed by atoms with E-state index in [9.17, 15) is 4.79 Å². The first-order valence-corrected chi connectivity index (χ1v) is 4.19. The van der Waals surface area contributed by atoms with Crippen molar-refractivity contribution in [3.05, 3.63) is 29.8 Å². The zero-order chi connectivity index (χ0) is 11.8. The van der Waals surface area contributed by atoms with Gasteiger partial charge in [-0.05, 0) is 24.1 Å². The minimum Gasteiger partial charge on any atom is -0.508 e.